The smallest absolute Gasteiger partial charge is 0.352 e. The molecule has 0 bridgehead atoms. The molecule has 136 valence electrons. The Morgan fingerprint density at radius 2 is 1.76 bits per heavy atom. The maximum absolute atomic E-state index is 13.1. The Labute approximate surface area is 147 Å². The van der Waals surface area contributed by atoms with Gasteiger partial charge in [0.1, 0.15) is 12.0 Å². The van der Waals surface area contributed by atoms with Crippen molar-refractivity contribution in [1.82, 2.24) is 14.3 Å². The van der Waals surface area contributed by atoms with Crippen molar-refractivity contribution >= 4 is 8.32 Å². The normalized spacial score (nSPS) is 12.4. The summed E-state index contributed by atoms with van der Waals surface area (Å²) in [4.78, 5) is 24.6. The quantitative estimate of drug-likeness (QED) is 0.764. The highest BCUT2D eigenvalue weighted by Gasteiger charge is 2.36. The van der Waals surface area contributed by atoms with Crippen molar-refractivity contribution in [2.24, 2.45) is 0 Å². The fraction of sp³-hybridized carbons (Fsp3) is 0.471. The third-order valence-corrected chi connectivity index (χ3v) is 9.14. The number of hydrogen-bond acceptors (Lipinski definition) is 4. The zero-order chi connectivity index (χ0) is 18.8. The van der Waals surface area contributed by atoms with Crippen LogP contribution < -0.4 is 11.2 Å². The van der Waals surface area contributed by atoms with Gasteiger partial charge in [-0.25, -0.2) is 18.4 Å². The summed E-state index contributed by atoms with van der Waals surface area (Å²) >= 11 is 0. The highest BCUT2D eigenvalue weighted by atomic mass is 28.4. The Morgan fingerprint density at radius 3 is 2.32 bits per heavy atom. The Kier molecular flexibility index (Phi) is 5.43. The SMILES string of the molecule is CC(C)(C)[Si](C)(C)OCCn1ncc(=O)n(-c2ccc(F)cc2)c1=O. The number of halogens is 1. The Balaban J connectivity index is 2.24. The molecule has 6 nitrogen and oxygen atoms in total. The van der Waals surface area contributed by atoms with Gasteiger partial charge in [-0.15, -0.1) is 0 Å². The lowest BCUT2D eigenvalue weighted by molar-refractivity contribution is 0.261. The molecule has 0 N–H and O–H groups in total. The van der Waals surface area contributed by atoms with Crippen LogP contribution in [0.15, 0.2) is 40.1 Å². The molecule has 0 radical (unpaired) electrons. The Hall–Kier alpha value is -2.06. The first-order valence-corrected chi connectivity index (χ1v) is 11.0. The van der Waals surface area contributed by atoms with Crippen molar-refractivity contribution in [2.75, 3.05) is 6.61 Å². The van der Waals surface area contributed by atoms with Crippen LogP contribution in [0.5, 0.6) is 0 Å². The van der Waals surface area contributed by atoms with Gasteiger partial charge < -0.3 is 4.43 Å². The van der Waals surface area contributed by atoms with Crippen LogP contribution in [0.4, 0.5) is 4.39 Å². The monoisotopic (exact) mass is 365 g/mol. The van der Waals surface area contributed by atoms with E-state index in [9.17, 15) is 14.0 Å². The van der Waals surface area contributed by atoms with Crippen LogP contribution in [0, 0.1) is 5.82 Å². The molecule has 0 amide bonds. The molecule has 0 aliphatic rings. The summed E-state index contributed by atoms with van der Waals surface area (Å²) in [5.74, 6) is -0.436. The first kappa shape index (κ1) is 19.3. The minimum absolute atomic E-state index is 0.0677. The van der Waals surface area contributed by atoms with E-state index in [0.29, 0.717) is 12.3 Å². The summed E-state index contributed by atoms with van der Waals surface area (Å²) < 4.78 is 21.3. The third kappa shape index (κ3) is 4.32. The predicted octanol–water partition coefficient (Wildman–Crippen LogP) is 2.56. The molecule has 1 aromatic heterocycles. The average molecular weight is 365 g/mol. The summed E-state index contributed by atoms with van der Waals surface area (Å²) in [6.45, 7) is 11.2. The second kappa shape index (κ2) is 7.05. The molecule has 0 aliphatic heterocycles. The van der Waals surface area contributed by atoms with Gasteiger partial charge in [0.15, 0.2) is 8.32 Å². The number of aromatic nitrogens is 3. The van der Waals surface area contributed by atoms with Gasteiger partial charge in [0.25, 0.3) is 5.56 Å². The molecule has 1 heterocycles. The van der Waals surface area contributed by atoms with E-state index in [1.54, 1.807) is 0 Å². The number of nitrogens with zero attached hydrogens (tertiary/aromatic N) is 3. The summed E-state index contributed by atoms with van der Waals surface area (Å²) in [7, 11) is -1.92. The largest absolute Gasteiger partial charge is 0.415 e. The van der Waals surface area contributed by atoms with E-state index in [0.717, 1.165) is 10.8 Å². The maximum atomic E-state index is 13.1. The van der Waals surface area contributed by atoms with Crippen LogP contribution in [0.1, 0.15) is 20.8 Å². The zero-order valence-electron chi connectivity index (χ0n) is 15.2. The number of hydrogen-bond donors (Lipinski definition) is 0. The molecular formula is C17H24FN3O3Si. The van der Waals surface area contributed by atoms with E-state index in [2.05, 4.69) is 39.0 Å². The van der Waals surface area contributed by atoms with Gasteiger partial charge in [0.05, 0.1) is 18.8 Å². The van der Waals surface area contributed by atoms with Crippen molar-refractivity contribution in [1.29, 1.82) is 0 Å². The molecule has 0 atom stereocenters. The van der Waals surface area contributed by atoms with Gasteiger partial charge in [-0.05, 0) is 42.4 Å². The average Bonchev–Trinajstić information content (AvgIpc) is 2.50. The molecule has 0 aliphatic carbocycles. The standard InChI is InChI=1S/C17H24FN3O3Si/c1-17(2,3)25(4,5)24-11-10-20-16(23)21(15(22)12-19-20)14-8-6-13(18)7-9-14/h6-9,12H,10-11H2,1-5H3. The minimum Gasteiger partial charge on any atom is -0.415 e. The molecule has 8 heteroatoms. The Morgan fingerprint density at radius 1 is 1.16 bits per heavy atom. The lowest BCUT2D eigenvalue weighted by Crippen LogP contribution is -2.43. The van der Waals surface area contributed by atoms with Crippen molar-refractivity contribution in [3.63, 3.8) is 0 Å². The van der Waals surface area contributed by atoms with E-state index < -0.39 is 25.4 Å². The highest BCUT2D eigenvalue weighted by Crippen LogP contribution is 2.36. The number of rotatable bonds is 5. The fourth-order valence-corrected chi connectivity index (χ4v) is 3.06. The van der Waals surface area contributed by atoms with E-state index in [-0.39, 0.29) is 11.6 Å². The van der Waals surface area contributed by atoms with E-state index >= 15 is 0 Å². The van der Waals surface area contributed by atoms with Crippen LogP contribution in [0.3, 0.4) is 0 Å². The van der Waals surface area contributed by atoms with Crippen molar-refractivity contribution in [3.8, 4) is 5.69 Å². The lowest BCUT2D eigenvalue weighted by Gasteiger charge is -2.36. The molecule has 0 saturated heterocycles. The number of benzene rings is 1. The van der Waals surface area contributed by atoms with Crippen LogP contribution in [0.2, 0.25) is 18.1 Å². The van der Waals surface area contributed by atoms with Crippen molar-refractivity contribution in [2.45, 2.75) is 45.4 Å². The van der Waals surface area contributed by atoms with Crippen molar-refractivity contribution in [3.05, 3.63) is 57.1 Å². The van der Waals surface area contributed by atoms with Gasteiger partial charge in [-0.3, -0.25) is 4.79 Å². The third-order valence-electron chi connectivity index (χ3n) is 4.60. The molecule has 1 aromatic carbocycles. The zero-order valence-corrected chi connectivity index (χ0v) is 16.2. The van der Waals surface area contributed by atoms with Crippen molar-refractivity contribution < 1.29 is 8.82 Å². The summed E-state index contributed by atoms with van der Waals surface area (Å²) in [5, 5.41) is 3.96. The molecule has 0 fully saturated rings. The van der Waals surface area contributed by atoms with Crippen LogP contribution in [0.25, 0.3) is 5.69 Å². The predicted molar refractivity (Wildman–Crippen MR) is 97.2 cm³/mol. The topological polar surface area (TPSA) is 66.1 Å². The first-order valence-electron chi connectivity index (χ1n) is 8.12. The summed E-state index contributed by atoms with van der Waals surface area (Å²) in [6.07, 6.45) is 1.08. The van der Waals surface area contributed by atoms with Crippen LogP contribution >= 0.6 is 0 Å². The summed E-state index contributed by atoms with van der Waals surface area (Å²) in [5.41, 5.74) is -0.825. The van der Waals surface area contributed by atoms with Gasteiger partial charge in [-0.1, -0.05) is 20.8 Å². The Bertz CT molecular complexity index is 851. The second-order valence-electron chi connectivity index (χ2n) is 7.41. The first-order chi connectivity index (χ1) is 11.5. The molecule has 25 heavy (non-hydrogen) atoms. The molecule has 0 saturated carbocycles. The van der Waals surface area contributed by atoms with E-state index in [1.165, 1.54) is 28.9 Å². The van der Waals surface area contributed by atoms with Gasteiger partial charge in [-0.2, -0.15) is 5.10 Å². The van der Waals surface area contributed by atoms with E-state index in [4.69, 9.17) is 4.43 Å². The summed E-state index contributed by atoms with van der Waals surface area (Å²) in [6, 6.07) is 5.17. The minimum atomic E-state index is -1.92. The molecule has 0 unspecified atom stereocenters. The lowest BCUT2D eigenvalue weighted by atomic mass is 10.2. The van der Waals surface area contributed by atoms with Gasteiger partial charge in [0, 0.05) is 0 Å². The maximum Gasteiger partial charge on any atom is 0.352 e. The molecule has 2 rings (SSSR count). The molecule has 2 aromatic rings. The van der Waals surface area contributed by atoms with E-state index in [1.807, 2.05) is 0 Å². The second-order valence-corrected chi connectivity index (χ2v) is 12.2. The van der Waals surface area contributed by atoms with Gasteiger partial charge >= 0.3 is 5.69 Å². The van der Waals surface area contributed by atoms with Crippen LogP contribution in [-0.2, 0) is 11.0 Å². The van der Waals surface area contributed by atoms with Crippen LogP contribution in [-0.4, -0.2) is 29.3 Å². The molecule has 0 spiro atoms. The molecular weight excluding hydrogens is 341 g/mol. The highest BCUT2D eigenvalue weighted by molar-refractivity contribution is 6.74. The van der Waals surface area contributed by atoms with Gasteiger partial charge in [0.2, 0.25) is 0 Å². The fourth-order valence-electron chi connectivity index (χ4n) is 2.02.